The largest absolute Gasteiger partial charge is 0.496 e. The molecule has 148 valence electrons. The van der Waals surface area contributed by atoms with E-state index < -0.39 is 5.97 Å². The number of esters is 1. The minimum Gasteiger partial charge on any atom is -0.496 e. The zero-order valence-corrected chi connectivity index (χ0v) is 17.1. The number of para-hydroxylation sites is 1. The van der Waals surface area contributed by atoms with Crippen molar-refractivity contribution < 1.29 is 14.3 Å². The standard InChI is InChI=1S/C21H20N4O3S/c1-13(2)25-19-14(10-23-25)8-15(9-22-19)21(26)28-11-16-12-29-20(24-16)17-6-4-5-7-18(17)27-3/h4-10,12-13H,11H2,1-3H3. The number of carbonyl (C=O) groups excluding carboxylic acids is 1. The summed E-state index contributed by atoms with van der Waals surface area (Å²) in [7, 11) is 1.63. The fraction of sp³-hybridized carbons (Fsp3) is 0.238. The number of benzene rings is 1. The van der Waals surface area contributed by atoms with E-state index in [-0.39, 0.29) is 12.6 Å². The molecular formula is C21H20N4O3S. The number of hydrogen-bond donors (Lipinski definition) is 0. The highest BCUT2D eigenvalue weighted by Gasteiger charge is 2.15. The molecule has 0 saturated carbocycles. The first-order valence-electron chi connectivity index (χ1n) is 9.15. The van der Waals surface area contributed by atoms with Crippen LogP contribution in [0.3, 0.4) is 0 Å². The molecule has 0 spiro atoms. The van der Waals surface area contributed by atoms with Crippen molar-refractivity contribution in [2.24, 2.45) is 0 Å². The zero-order chi connectivity index (χ0) is 20.4. The molecular weight excluding hydrogens is 388 g/mol. The van der Waals surface area contributed by atoms with Crippen LogP contribution in [-0.2, 0) is 11.3 Å². The van der Waals surface area contributed by atoms with E-state index in [0.29, 0.717) is 11.3 Å². The molecule has 0 atom stereocenters. The number of ether oxygens (including phenoxy) is 2. The molecule has 0 aliphatic heterocycles. The molecule has 0 saturated heterocycles. The maximum absolute atomic E-state index is 12.4. The van der Waals surface area contributed by atoms with Crippen molar-refractivity contribution in [3.05, 3.63) is 59.4 Å². The van der Waals surface area contributed by atoms with Crippen molar-refractivity contribution in [3.63, 3.8) is 0 Å². The molecule has 3 aromatic heterocycles. The molecule has 0 aliphatic rings. The number of thiazole rings is 1. The SMILES string of the molecule is COc1ccccc1-c1nc(COC(=O)c2cnc3c(cnn3C(C)C)c2)cs1. The van der Waals surface area contributed by atoms with Gasteiger partial charge in [0.1, 0.15) is 17.4 Å². The van der Waals surface area contributed by atoms with Crippen molar-refractivity contribution in [3.8, 4) is 16.3 Å². The Morgan fingerprint density at radius 2 is 2.07 bits per heavy atom. The second-order valence-electron chi connectivity index (χ2n) is 6.74. The summed E-state index contributed by atoms with van der Waals surface area (Å²) in [5, 5.41) is 7.82. The van der Waals surface area contributed by atoms with Crippen LogP contribution in [0, 0.1) is 0 Å². The monoisotopic (exact) mass is 408 g/mol. The minimum absolute atomic E-state index is 0.0910. The van der Waals surface area contributed by atoms with Crippen LogP contribution in [0.1, 0.15) is 35.9 Å². The first-order chi connectivity index (χ1) is 14.1. The van der Waals surface area contributed by atoms with E-state index in [1.165, 1.54) is 17.5 Å². The number of hydrogen-bond acceptors (Lipinski definition) is 7. The van der Waals surface area contributed by atoms with Crippen molar-refractivity contribution in [2.45, 2.75) is 26.5 Å². The van der Waals surface area contributed by atoms with Crippen LogP contribution in [0.15, 0.2) is 48.1 Å². The topological polar surface area (TPSA) is 79.1 Å². The lowest BCUT2D eigenvalue weighted by atomic mass is 10.2. The molecule has 4 aromatic rings. The van der Waals surface area contributed by atoms with Crippen LogP contribution in [-0.4, -0.2) is 32.8 Å². The summed E-state index contributed by atoms with van der Waals surface area (Å²) < 4.78 is 12.6. The second-order valence-corrected chi connectivity index (χ2v) is 7.60. The Hall–Kier alpha value is -3.26. The predicted octanol–water partition coefficient (Wildman–Crippen LogP) is 4.50. The molecule has 0 bridgehead atoms. The van der Waals surface area contributed by atoms with Gasteiger partial charge >= 0.3 is 5.97 Å². The van der Waals surface area contributed by atoms with Gasteiger partial charge in [-0.2, -0.15) is 5.10 Å². The van der Waals surface area contributed by atoms with Crippen molar-refractivity contribution in [1.29, 1.82) is 0 Å². The number of aromatic nitrogens is 4. The van der Waals surface area contributed by atoms with E-state index in [2.05, 4.69) is 15.1 Å². The molecule has 0 fully saturated rings. The summed E-state index contributed by atoms with van der Waals surface area (Å²) in [6.07, 6.45) is 3.23. The number of methoxy groups -OCH3 is 1. The molecule has 1 aromatic carbocycles. The van der Waals surface area contributed by atoms with Gasteiger partial charge in [0.15, 0.2) is 5.65 Å². The van der Waals surface area contributed by atoms with Crippen molar-refractivity contribution in [1.82, 2.24) is 19.7 Å². The Morgan fingerprint density at radius 1 is 1.24 bits per heavy atom. The molecule has 0 radical (unpaired) electrons. The highest BCUT2D eigenvalue weighted by Crippen LogP contribution is 2.32. The highest BCUT2D eigenvalue weighted by molar-refractivity contribution is 7.13. The van der Waals surface area contributed by atoms with Crippen LogP contribution in [0.5, 0.6) is 5.75 Å². The Bertz CT molecular complexity index is 1170. The predicted molar refractivity (Wildman–Crippen MR) is 111 cm³/mol. The molecule has 29 heavy (non-hydrogen) atoms. The number of pyridine rings is 1. The molecule has 0 amide bonds. The van der Waals surface area contributed by atoms with Crippen molar-refractivity contribution >= 4 is 28.3 Å². The van der Waals surface area contributed by atoms with Crippen molar-refractivity contribution in [2.75, 3.05) is 7.11 Å². The Balaban J connectivity index is 1.46. The van der Waals surface area contributed by atoms with Gasteiger partial charge in [0, 0.05) is 23.0 Å². The summed E-state index contributed by atoms with van der Waals surface area (Å²) in [4.78, 5) is 21.4. The third-order valence-electron chi connectivity index (χ3n) is 4.40. The smallest absolute Gasteiger partial charge is 0.340 e. The molecule has 0 unspecified atom stereocenters. The van der Waals surface area contributed by atoms with Gasteiger partial charge in [0.05, 0.1) is 30.1 Å². The third-order valence-corrected chi connectivity index (χ3v) is 5.32. The van der Waals surface area contributed by atoms with Gasteiger partial charge < -0.3 is 9.47 Å². The van der Waals surface area contributed by atoms with Gasteiger partial charge in [-0.1, -0.05) is 12.1 Å². The van der Waals surface area contributed by atoms with Crippen LogP contribution in [0.25, 0.3) is 21.6 Å². The first kappa shape index (κ1) is 19.1. The van der Waals surface area contributed by atoms with Gasteiger partial charge in [0.2, 0.25) is 0 Å². The molecule has 4 rings (SSSR count). The Morgan fingerprint density at radius 3 is 2.86 bits per heavy atom. The molecule has 0 N–H and O–H groups in total. The maximum atomic E-state index is 12.4. The fourth-order valence-corrected chi connectivity index (χ4v) is 3.80. The lowest BCUT2D eigenvalue weighted by Crippen LogP contribution is -2.07. The normalized spacial score (nSPS) is 11.2. The number of fused-ring (bicyclic) bond motifs is 1. The first-order valence-corrected chi connectivity index (χ1v) is 10.0. The Kier molecular flexibility index (Phi) is 5.26. The number of rotatable bonds is 6. The van der Waals surface area contributed by atoms with Crippen LogP contribution >= 0.6 is 11.3 Å². The van der Waals surface area contributed by atoms with Gasteiger partial charge in [-0.15, -0.1) is 11.3 Å². The summed E-state index contributed by atoms with van der Waals surface area (Å²) in [6.45, 7) is 4.15. The lowest BCUT2D eigenvalue weighted by Gasteiger charge is -2.07. The van der Waals surface area contributed by atoms with E-state index in [9.17, 15) is 4.79 Å². The van der Waals surface area contributed by atoms with Crippen LogP contribution in [0.4, 0.5) is 0 Å². The Labute approximate surface area is 171 Å². The summed E-state index contributed by atoms with van der Waals surface area (Å²) in [5.41, 5.74) is 2.74. The summed E-state index contributed by atoms with van der Waals surface area (Å²) in [6, 6.07) is 9.63. The molecule has 8 heteroatoms. The maximum Gasteiger partial charge on any atom is 0.340 e. The summed E-state index contributed by atoms with van der Waals surface area (Å²) >= 11 is 1.48. The summed E-state index contributed by atoms with van der Waals surface area (Å²) in [5.74, 6) is 0.315. The van der Waals surface area contributed by atoms with Gasteiger partial charge in [-0.05, 0) is 32.0 Å². The zero-order valence-electron chi connectivity index (χ0n) is 16.3. The van der Waals surface area contributed by atoms with Gasteiger partial charge in [-0.25, -0.2) is 19.4 Å². The number of nitrogens with zero attached hydrogens (tertiary/aromatic N) is 4. The minimum atomic E-state index is -0.441. The average molecular weight is 408 g/mol. The molecule has 7 nitrogen and oxygen atoms in total. The van der Waals surface area contributed by atoms with E-state index in [0.717, 1.165) is 27.4 Å². The van der Waals surface area contributed by atoms with E-state index in [4.69, 9.17) is 9.47 Å². The van der Waals surface area contributed by atoms with E-state index in [1.54, 1.807) is 19.4 Å². The fourth-order valence-electron chi connectivity index (χ4n) is 2.97. The molecule has 0 aliphatic carbocycles. The van der Waals surface area contributed by atoms with Gasteiger partial charge in [0.25, 0.3) is 0 Å². The van der Waals surface area contributed by atoms with Gasteiger partial charge in [-0.3, -0.25) is 0 Å². The highest BCUT2D eigenvalue weighted by atomic mass is 32.1. The average Bonchev–Trinajstić information content (AvgIpc) is 3.38. The van der Waals surface area contributed by atoms with E-state index >= 15 is 0 Å². The third kappa shape index (κ3) is 3.84. The quantitative estimate of drug-likeness (QED) is 0.437. The van der Waals surface area contributed by atoms with Crippen LogP contribution < -0.4 is 4.74 Å². The molecule has 3 heterocycles. The van der Waals surface area contributed by atoms with E-state index in [1.807, 2.05) is 48.2 Å². The van der Waals surface area contributed by atoms with Crippen LogP contribution in [0.2, 0.25) is 0 Å². The number of carbonyl (C=O) groups is 1. The second kappa shape index (κ2) is 8.00. The lowest BCUT2D eigenvalue weighted by molar-refractivity contribution is 0.0468.